The van der Waals surface area contributed by atoms with E-state index in [2.05, 4.69) is 13.8 Å². The predicted molar refractivity (Wildman–Crippen MR) is 75.1 cm³/mol. The van der Waals surface area contributed by atoms with Crippen molar-refractivity contribution in [1.82, 2.24) is 0 Å². The van der Waals surface area contributed by atoms with Crippen molar-refractivity contribution in [3.8, 4) is 0 Å². The monoisotopic (exact) mass is 316 g/mol. The Morgan fingerprint density at radius 3 is 2.35 bits per heavy atom. The molecule has 0 bridgehead atoms. The molecule has 5 heteroatoms. The molecule has 0 atom stereocenters. The van der Waals surface area contributed by atoms with Crippen LogP contribution < -0.4 is 51.4 Å². The molecule has 20 heavy (non-hydrogen) atoms. The van der Waals surface area contributed by atoms with Crippen LogP contribution in [0.1, 0.15) is 25.8 Å². The molecule has 0 fully saturated rings. The number of fused-ring (bicyclic) bond motifs is 1. The van der Waals surface area contributed by atoms with Crippen molar-refractivity contribution in [3.63, 3.8) is 0 Å². The third-order valence-corrected chi connectivity index (χ3v) is 4.18. The first kappa shape index (κ1) is 18.3. The van der Waals surface area contributed by atoms with Crippen molar-refractivity contribution in [1.29, 1.82) is 0 Å². The maximum absolute atomic E-state index is 11.6. The fourth-order valence-electron chi connectivity index (χ4n) is 2.22. The van der Waals surface area contributed by atoms with Gasteiger partial charge in [0.2, 0.25) is 0 Å². The molecule has 0 aliphatic heterocycles. The Kier molecular flexibility index (Phi) is 6.85. The molecule has 2 aromatic carbocycles. The number of aryl methyl sites for hydroxylation is 1. The molecule has 0 aliphatic rings. The van der Waals surface area contributed by atoms with Crippen molar-refractivity contribution >= 4 is 20.9 Å². The minimum atomic E-state index is -4.46. The predicted octanol–water partition coefficient (Wildman–Crippen LogP) is 0.336. The van der Waals surface area contributed by atoms with Gasteiger partial charge in [0, 0.05) is 0 Å². The van der Waals surface area contributed by atoms with Gasteiger partial charge in [-0.05, 0) is 35.1 Å². The Morgan fingerprint density at radius 1 is 1.10 bits per heavy atom. The second-order valence-corrected chi connectivity index (χ2v) is 6.48. The molecule has 0 N–H and O–H groups in total. The van der Waals surface area contributed by atoms with Crippen molar-refractivity contribution in [2.24, 2.45) is 5.92 Å². The topological polar surface area (TPSA) is 57.2 Å². The molecule has 2 rings (SSSR count). The van der Waals surface area contributed by atoms with Crippen LogP contribution in [0.25, 0.3) is 10.8 Å². The Bertz CT molecular complexity index is 693. The molecule has 0 heterocycles. The molecule has 0 amide bonds. The molecule has 0 saturated carbocycles. The number of hydrogen-bond acceptors (Lipinski definition) is 3. The minimum absolute atomic E-state index is 0. The average Bonchev–Trinajstić information content (AvgIpc) is 2.34. The maximum atomic E-state index is 11.6. The Balaban J connectivity index is 0.00000200. The molecule has 0 aliphatic carbocycles. The summed E-state index contributed by atoms with van der Waals surface area (Å²) in [6.45, 7) is 4.15. The van der Waals surface area contributed by atoms with Crippen molar-refractivity contribution in [2.45, 2.75) is 31.6 Å². The molecule has 2 aromatic rings. The van der Waals surface area contributed by atoms with Crippen LogP contribution in [0, 0.1) is 5.92 Å². The minimum Gasteiger partial charge on any atom is -0.744 e. The van der Waals surface area contributed by atoms with Crippen LogP contribution in [-0.2, 0) is 16.5 Å². The fourth-order valence-corrected chi connectivity index (χ4v) is 3.17. The van der Waals surface area contributed by atoms with Gasteiger partial charge in [-0.3, -0.25) is 0 Å². The molecule has 0 spiro atoms. The van der Waals surface area contributed by atoms with Gasteiger partial charge in [-0.25, -0.2) is 8.42 Å². The maximum Gasteiger partial charge on any atom is 1.00 e. The third-order valence-electron chi connectivity index (χ3n) is 3.20. The van der Waals surface area contributed by atoms with E-state index in [1.54, 1.807) is 18.2 Å². The van der Waals surface area contributed by atoms with Gasteiger partial charge >= 0.3 is 51.4 Å². The first-order chi connectivity index (χ1) is 8.89. The van der Waals surface area contributed by atoms with Gasteiger partial charge in [-0.2, -0.15) is 0 Å². The van der Waals surface area contributed by atoms with Crippen LogP contribution in [-0.4, -0.2) is 13.0 Å². The third kappa shape index (κ3) is 4.37. The first-order valence-electron chi connectivity index (χ1n) is 6.36. The van der Waals surface area contributed by atoms with E-state index in [-0.39, 0.29) is 56.3 Å². The zero-order chi connectivity index (χ0) is 14.0. The van der Waals surface area contributed by atoms with Crippen LogP contribution in [0.4, 0.5) is 0 Å². The van der Waals surface area contributed by atoms with Gasteiger partial charge < -0.3 is 4.55 Å². The molecule has 0 saturated heterocycles. The summed E-state index contributed by atoms with van der Waals surface area (Å²) in [5.41, 5.74) is 0.627. The summed E-state index contributed by atoms with van der Waals surface area (Å²) in [5, 5.41) is 1.31. The Morgan fingerprint density at radius 2 is 1.75 bits per heavy atom. The van der Waals surface area contributed by atoms with Gasteiger partial charge in [0.05, 0.1) is 4.90 Å². The van der Waals surface area contributed by atoms with E-state index in [4.69, 9.17) is 0 Å². The summed E-state index contributed by atoms with van der Waals surface area (Å²) in [5.74, 6) is 0.466. The van der Waals surface area contributed by atoms with Gasteiger partial charge in [-0.15, -0.1) is 0 Å². The van der Waals surface area contributed by atoms with Crippen molar-refractivity contribution in [3.05, 3.63) is 42.0 Å². The number of rotatable bonds is 4. The second-order valence-electron chi connectivity index (χ2n) is 5.16. The molecule has 3 nitrogen and oxygen atoms in total. The standard InChI is InChI=1S/C15H18O3S.K/c1-11(2)7-8-13-10-9-12-5-3-4-6-14(12)15(13)19(16,17)18;/h3-6,9-11H,7-8H2,1-2H3,(H,16,17,18);/q;+1/p-1. The van der Waals surface area contributed by atoms with Crippen LogP contribution in [0.2, 0.25) is 0 Å². The zero-order valence-corrected chi connectivity index (χ0v) is 16.0. The van der Waals surface area contributed by atoms with E-state index in [0.717, 1.165) is 11.8 Å². The SMILES string of the molecule is CC(C)CCc1ccc2ccccc2c1S(=O)(=O)[O-].[K+]. The summed E-state index contributed by atoms with van der Waals surface area (Å²) in [4.78, 5) is -0.0498. The van der Waals surface area contributed by atoms with Gasteiger partial charge in [0.15, 0.2) is 0 Å². The van der Waals surface area contributed by atoms with Crippen LogP contribution in [0.15, 0.2) is 41.3 Å². The number of hydrogen-bond donors (Lipinski definition) is 0. The first-order valence-corrected chi connectivity index (χ1v) is 7.77. The summed E-state index contributed by atoms with van der Waals surface area (Å²) < 4.78 is 34.7. The quantitative estimate of drug-likeness (QED) is 0.604. The van der Waals surface area contributed by atoms with E-state index in [0.29, 0.717) is 23.3 Å². The van der Waals surface area contributed by atoms with E-state index in [9.17, 15) is 13.0 Å². The molecular weight excluding hydrogens is 299 g/mol. The summed E-state index contributed by atoms with van der Waals surface area (Å²) in [6, 6.07) is 10.7. The molecule has 0 radical (unpaired) electrons. The summed E-state index contributed by atoms with van der Waals surface area (Å²) >= 11 is 0. The Hall–Kier alpha value is 0.246. The molecule has 0 aromatic heterocycles. The zero-order valence-electron chi connectivity index (χ0n) is 12.1. The van der Waals surface area contributed by atoms with Crippen molar-refractivity contribution < 1.29 is 64.4 Å². The second kappa shape index (κ2) is 7.49. The normalized spacial score (nSPS) is 11.6. The van der Waals surface area contributed by atoms with E-state index < -0.39 is 10.1 Å². The van der Waals surface area contributed by atoms with Crippen LogP contribution >= 0.6 is 0 Å². The molecule has 102 valence electrons. The van der Waals surface area contributed by atoms with Gasteiger partial charge in [0.1, 0.15) is 10.1 Å². The summed E-state index contributed by atoms with van der Waals surface area (Å²) in [6.07, 6.45) is 1.47. The van der Waals surface area contributed by atoms with E-state index in [1.165, 1.54) is 0 Å². The number of benzene rings is 2. The summed E-state index contributed by atoms with van der Waals surface area (Å²) in [7, 11) is -4.46. The molecular formula is C15H17KO3S. The van der Waals surface area contributed by atoms with E-state index >= 15 is 0 Å². The Labute approximate surface area is 162 Å². The van der Waals surface area contributed by atoms with Crippen molar-refractivity contribution in [2.75, 3.05) is 0 Å². The van der Waals surface area contributed by atoms with Gasteiger partial charge in [0.25, 0.3) is 0 Å². The van der Waals surface area contributed by atoms with Crippen LogP contribution in [0.5, 0.6) is 0 Å². The fraction of sp³-hybridized carbons (Fsp3) is 0.333. The van der Waals surface area contributed by atoms with Crippen LogP contribution in [0.3, 0.4) is 0 Å². The van der Waals surface area contributed by atoms with E-state index in [1.807, 2.05) is 18.2 Å². The average molecular weight is 316 g/mol. The smallest absolute Gasteiger partial charge is 0.744 e. The largest absolute Gasteiger partial charge is 1.00 e. The van der Waals surface area contributed by atoms with Gasteiger partial charge in [-0.1, -0.05) is 50.2 Å². The molecule has 0 unspecified atom stereocenters.